The van der Waals surface area contributed by atoms with E-state index in [-0.39, 0.29) is 74.7 Å². The second-order valence-corrected chi connectivity index (χ2v) is 8.91. The fraction of sp³-hybridized carbons (Fsp3) is 0.600. The summed E-state index contributed by atoms with van der Waals surface area (Å²) in [5.41, 5.74) is -0.297. The van der Waals surface area contributed by atoms with Gasteiger partial charge in [0.25, 0.3) is 10.1 Å². The molecule has 155 valence electrons. The van der Waals surface area contributed by atoms with E-state index in [0.717, 1.165) is 70.3 Å². The molecule has 1 aromatic rings. The molecule has 29 heavy (non-hydrogen) atoms. The van der Waals surface area contributed by atoms with Crippen LogP contribution in [-0.4, -0.2) is 88.5 Å². The third kappa shape index (κ3) is 7.12. The predicted molar refractivity (Wildman–Crippen MR) is 107 cm³/mol. The van der Waals surface area contributed by atoms with E-state index >= 15 is 0 Å². The third-order valence-electron chi connectivity index (χ3n) is 5.37. The Morgan fingerprint density at radius 3 is 1.79 bits per heavy atom. The summed E-state index contributed by atoms with van der Waals surface area (Å²) in [5, 5.41) is 0. The van der Waals surface area contributed by atoms with Gasteiger partial charge in [0.2, 0.25) is 0 Å². The van der Waals surface area contributed by atoms with Gasteiger partial charge in [-0.3, -0.25) is 4.55 Å². The molecule has 9 heteroatoms. The number of hydrogen-bond acceptors (Lipinski definition) is 6. The molecular weight excluding hydrogens is 423 g/mol. The second kappa shape index (κ2) is 11.4. The number of hydrogen-bond donors (Lipinski definition) is 1. The zero-order valence-corrected chi connectivity index (χ0v) is 20.7. The quantitative estimate of drug-likeness (QED) is 0.416. The maximum absolute atomic E-state index is 12.5. The van der Waals surface area contributed by atoms with E-state index < -0.39 is 27.0 Å². The molecule has 2 aliphatic rings. The number of benzene rings is 1. The Hall–Kier alpha value is -0.294. The fourth-order valence-electron chi connectivity index (χ4n) is 3.83. The van der Waals surface area contributed by atoms with E-state index in [4.69, 9.17) is 9.47 Å². The molecule has 0 aromatic heterocycles. The molecule has 1 radical (unpaired) electrons. The van der Waals surface area contributed by atoms with Crippen molar-refractivity contribution in [2.75, 3.05) is 0 Å². The van der Waals surface area contributed by atoms with Gasteiger partial charge in [0.05, 0.1) is 11.1 Å². The summed E-state index contributed by atoms with van der Waals surface area (Å²) < 4.78 is 44.0. The van der Waals surface area contributed by atoms with Crippen molar-refractivity contribution in [2.24, 2.45) is 0 Å². The van der Waals surface area contributed by atoms with Crippen LogP contribution in [0.2, 0.25) is 0 Å². The van der Waals surface area contributed by atoms with Crippen LogP contribution in [0.3, 0.4) is 0 Å². The van der Waals surface area contributed by atoms with Gasteiger partial charge in [-0.05, 0) is 69.6 Å². The normalized spacial score (nSPS) is 18.5. The van der Waals surface area contributed by atoms with E-state index in [1.165, 1.54) is 12.1 Å². The summed E-state index contributed by atoms with van der Waals surface area (Å²) in [4.78, 5) is 24.2. The summed E-state index contributed by atoms with van der Waals surface area (Å²) >= 11 is 0. The van der Waals surface area contributed by atoms with Gasteiger partial charge in [0.1, 0.15) is 17.1 Å². The molecule has 0 bridgehead atoms. The van der Waals surface area contributed by atoms with Gasteiger partial charge < -0.3 is 9.47 Å². The largest absolute Gasteiger partial charge is 0.459 e. The first-order valence-corrected chi connectivity index (χ1v) is 11.3. The first-order chi connectivity index (χ1) is 13.3. The maximum Gasteiger partial charge on any atom is 0.339 e. The SMILES string of the molecule is O=C(OC1CCCCC1)c1ccc(C(=O)OC2CCCCC2)c(S(=O)(=O)O)c1.[K]. The second-order valence-electron chi connectivity index (χ2n) is 7.52. The number of carbonyl (C=O) groups excluding carboxylic acids is 2. The molecule has 1 N–H and O–H groups in total. The van der Waals surface area contributed by atoms with Crippen LogP contribution in [0.5, 0.6) is 0 Å². The Morgan fingerprint density at radius 1 is 0.828 bits per heavy atom. The molecule has 0 atom stereocenters. The molecule has 0 spiro atoms. The molecule has 0 unspecified atom stereocenters. The molecule has 2 fully saturated rings. The van der Waals surface area contributed by atoms with Gasteiger partial charge >= 0.3 is 11.9 Å². The van der Waals surface area contributed by atoms with Gasteiger partial charge in [0.15, 0.2) is 0 Å². The Bertz CT molecular complexity index is 825. The van der Waals surface area contributed by atoms with Gasteiger partial charge in [-0.25, -0.2) is 9.59 Å². The molecule has 0 amide bonds. The molecule has 3 rings (SSSR count). The smallest absolute Gasteiger partial charge is 0.339 e. The summed E-state index contributed by atoms with van der Waals surface area (Å²) in [7, 11) is -4.72. The third-order valence-corrected chi connectivity index (χ3v) is 6.26. The maximum atomic E-state index is 12.5. The van der Waals surface area contributed by atoms with Gasteiger partial charge in [-0.1, -0.05) is 12.8 Å². The molecule has 1 aromatic carbocycles. The zero-order chi connectivity index (χ0) is 20.1. The fourth-order valence-corrected chi connectivity index (χ4v) is 4.54. The number of esters is 2. The van der Waals surface area contributed by atoms with Crippen molar-refractivity contribution in [3.8, 4) is 0 Å². The van der Waals surface area contributed by atoms with E-state index in [1.807, 2.05) is 0 Å². The Kier molecular flexibility index (Phi) is 9.78. The number of ether oxygens (including phenoxy) is 2. The van der Waals surface area contributed by atoms with Crippen molar-refractivity contribution in [3.63, 3.8) is 0 Å². The summed E-state index contributed by atoms with van der Waals surface area (Å²) in [6.07, 6.45) is 8.66. The van der Waals surface area contributed by atoms with E-state index in [1.54, 1.807) is 0 Å². The predicted octanol–water partition coefficient (Wildman–Crippen LogP) is 3.53. The van der Waals surface area contributed by atoms with Gasteiger partial charge in [0, 0.05) is 51.4 Å². The van der Waals surface area contributed by atoms with Crippen LogP contribution >= 0.6 is 0 Å². The van der Waals surface area contributed by atoms with Crippen LogP contribution in [0, 0.1) is 0 Å². The molecular formula is C20H26KO7S. The summed E-state index contributed by atoms with van der Waals surface area (Å²) in [6, 6.07) is 3.51. The Morgan fingerprint density at radius 2 is 1.31 bits per heavy atom. The van der Waals surface area contributed by atoms with Gasteiger partial charge in [-0.2, -0.15) is 8.42 Å². The van der Waals surface area contributed by atoms with Crippen molar-refractivity contribution < 1.29 is 32.0 Å². The molecule has 0 aliphatic heterocycles. The van der Waals surface area contributed by atoms with Crippen LogP contribution in [0.4, 0.5) is 0 Å². The molecule has 7 nitrogen and oxygen atoms in total. The minimum absolute atomic E-state index is 0. The Balaban J connectivity index is 0.00000300. The van der Waals surface area contributed by atoms with Crippen LogP contribution in [0.25, 0.3) is 0 Å². The van der Waals surface area contributed by atoms with Crippen LogP contribution in [0.1, 0.15) is 84.9 Å². The minimum Gasteiger partial charge on any atom is -0.459 e. The molecule has 2 aliphatic carbocycles. The Labute approximate surface area is 214 Å². The number of rotatable bonds is 5. The molecule has 0 heterocycles. The van der Waals surface area contributed by atoms with Crippen molar-refractivity contribution in [1.82, 2.24) is 0 Å². The average Bonchev–Trinajstić information content (AvgIpc) is 2.68. The van der Waals surface area contributed by atoms with Gasteiger partial charge in [-0.15, -0.1) is 0 Å². The van der Waals surface area contributed by atoms with Crippen LogP contribution in [0.15, 0.2) is 23.1 Å². The zero-order valence-electron chi connectivity index (χ0n) is 16.8. The van der Waals surface area contributed by atoms with E-state index in [9.17, 15) is 22.6 Å². The van der Waals surface area contributed by atoms with E-state index in [0.29, 0.717) is 0 Å². The average molecular weight is 450 g/mol. The van der Waals surface area contributed by atoms with Crippen LogP contribution < -0.4 is 0 Å². The van der Waals surface area contributed by atoms with Crippen molar-refractivity contribution in [3.05, 3.63) is 29.3 Å². The summed E-state index contributed by atoms with van der Waals surface area (Å²) in [6.45, 7) is 0. The topological polar surface area (TPSA) is 107 Å². The van der Waals surface area contributed by atoms with Crippen molar-refractivity contribution >= 4 is 73.4 Å². The van der Waals surface area contributed by atoms with Crippen LogP contribution in [-0.2, 0) is 19.6 Å². The standard InChI is InChI=1S/C20H26O7S.K/c21-19(26-15-7-3-1-4-8-15)14-11-12-17(18(13-14)28(23,24)25)20(22)27-16-9-5-2-6-10-16;/h11-13,15-16H,1-10H2,(H,23,24,25);. The summed E-state index contributed by atoms with van der Waals surface area (Å²) in [5.74, 6) is -1.48. The first kappa shape index (κ1) is 25.0. The van der Waals surface area contributed by atoms with E-state index in [2.05, 4.69) is 0 Å². The first-order valence-electron chi connectivity index (χ1n) is 9.88. The number of carbonyl (C=O) groups is 2. The van der Waals surface area contributed by atoms with Crippen molar-refractivity contribution in [2.45, 2.75) is 81.3 Å². The minimum atomic E-state index is -4.72. The molecule has 2 saturated carbocycles. The van der Waals surface area contributed by atoms with Crippen molar-refractivity contribution in [1.29, 1.82) is 0 Å². The molecule has 0 saturated heterocycles. The monoisotopic (exact) mass is 449 g/mol.